The van der Waals surface area contributed by atoms with Crippen LogP contribution < -0.4 is 5.73 Å². The number of β-amino-alcohol motifs (C(OH)–C–C–N with tert-alkyl or cyclic N) is 1. The molecule has 0 spiro atoms. The van der Waals surface area contributed by atoms with Gasteiger partial charge in [-0.05, 0) is 30.5 Å². The van der Waals surface area contributed by atoms with Crippen LogP contribution in [-0.4, -0.2) is 41.7 Å². The molecule has 1 amide bonds. The summed E-state index contributed by atoms with van der Waals surface area (Å²) in [5.41, 5.74) is 6.17. The number of piperidine rings is 1. The number of amides is 1. The van der Waals surface area contributed by atoms with Crippen LogP contribution in [0.25, 0.3) is 0 Å². The van der Waals surface area contributed by atoms with Gasteiger partial charge in [-0.15, -0.1) is 0 Å². The van der Waals surface area contributed by atoms with Crippen LogP contribution in [0.15, 0.2) is 24.3 Å². The van der Waals surface area contributed by atoms with Gasteiger partial charge in [-0.25, -0.2) is 0 Å². The molecule has 1 atom stereocenters. The molecule has 1 aromatic rings. The summed E-state index contributed by atoms with van der Waals surface area (Å²) in [5, 5.41) is 10.2. The fourth-order valence-electron chi connectivity index (χ4n) is 2.70. The zero-order chi connectivity index (χ0) is 14.6. The first kappa shape index (κ1) is 15.0. The Balaban J connectivity index is 2.02. The van der Waals surface area contributed by atoms with Crippen molar-refractivity contribution in [1.82, 2.24) is 4.90 Å². The Labute approximate surface area is 119 Å². The first-order chi connectivity index (χ1) is 9.53. The molecule has 1 saturated heterocycles. The molecule has 0 aliphatic carbocycles. The van der Waals surface area contributed by atoms with E-state index in [2.05, 4.69) is 11.0 Å². The number of benzene rings is 1. The van der Waals surface area contributed by atoms with Crippen molar-refractivity contribution in [3.05, 3.63) is 35.4 Å². The predicted octanol–water partition coefficient (Wildman–Crippen LogP) is 0.645. The summed E-state index contributed by atoms with van der Waals surface area (Å²) >= 11 is 0. The van der Waals surface area contributed by atoms with Gasteiger partial charge in [-0.2, -0.15) is 0 Å². The molecule has 1 aliphatic heterocycles. The molecule has 1 heterocycles. The van der Waals surface area contributed by atoms with Crippen LogP contribution >= 0.6 is 0 Å². The number of ether oxygens (including phenoxy) is 1. The third-order valence-corrected chi connectivity index (χ3v) is 3.72. The normalized spacial score (nSPS) is 23.7. The predicted molar refractivity (Wildman–Crippen MR) is 75.8 cm³/mol. The number of carbonyl (C=O) groups excluding carboxylic acids is 1. The molecule has 2 rings (SSSR count). The molecule has 3 N–H and O–H groups in total. The van der Waals surface area contributed by atoms with E-state index in [1.54, 1.807) is 7.11 Å². The molecular weight excluding hydrogens is 256 g/mol. The van der Waals surface area contributed by atoms with Crippen LogP contribution in [0.5, 0.6) is 0 Å². The van der Waals surface area contributed by atoms with Crippen LogP contribution in [0, 0.1) is 0 Å². The molecule has 0 saturated carbocycles. The van der Waals surface area contributed by atoms with Crippen LogP contribution in [0.2, 0.25) is 0 Å². The van der Waals surface area contributed by atoms with Crippen LogP contribution in [-0.2, 0) is 22.7 Å². The van der Waals surface area contributed by atoms with E-state index in [0.29, 0.717) is 26.1 Å². The first-order valence-corrected chi connectivity index (χ1v) is 6.85. The number of aliphatic hydroxyl groups is 1. The second kappa shape index (κ2) is 6.35. The molecule has 20 heavy (non-hydrogen) atoms. The van der Waals surface area contributed by atoms with Gasteiger partial charge >= 0.3 is 0 Å². The molecule has 110 valence electrons. The monoisotopic (exact) mass is 278 g/mol. The average molecular weight is 278 g/mol. The average Bonchev–Trinajstić information content (AvgIpc) is 2.39. The van der Waals surface area contributed by atoms with E-state index >= 15 is 0 Å². The standard InChI is InChI=1S/C15H22N2O3/c1-20-10-13-5-2-4-12(8-13)9-17-7-3-6-15(19,11-17)14(16)18/h2,4-5,8,19H,3,6-7,9-11H2,1H3,(H2,16,18)/t15-/m1/s1. The molecule has 1 aromatic carbocycles. The van der Waals surface area contributed by atoms with E-state index in [-0.39, 0.29) is 0 Å². The largest absolute Gasteiger partial charge is 0.380 e. The molecule has 0 radical (unpaired) electrons. The fraction of sp³-hybridized carbons (Fsp3) is 0.533. The van der Waals surface area contributed by atoms with Gasteiger partial charge in [-0.1, -0.05) is 24.3 Å². The molecule has 5 nitrogen and oxygen atoms in total. The summed E-state index contributed by atoms with van der Waals surface area (Å²) < 4.78 is 5.12. The van der Waals surface area contributed by atoms with Crippen molar-refractivity contribution >= 4 is 5.91 Å². The number of hydrogen-bond acceptors (Lipinski definition) is 4. The van der Waals surface area contributed by atoms with E-state index in [9.17, 15) is 9.90 Å². The van der Waals surface area contributed by atoms with Crippen molar-refractivity contribution in [1.29, 1.82) is 0 Å². The minimum Gasteiger partial charge on any atom is -0.380 e. The maximum atomic E-state index is 11.3. The number of hydrogen-bond donors (Lipinski definition) is 2. The maximum Gasteiger partial charge on any atom is 0.250 e. The highest BCUT2D eigenvalue weighted by Crippen LogP contribution is 2.22. The van der Waals surface area contributed by atoms with E-state index in [1.165, 1.54) is 0 Å². The minimum atomic E-state index is -1.39. The number of nitrogens with zero attached hydrogens (tertiary/aromatic N) is 1. The summed E-state index contributed by atoms with van der Waals surface area (Å²) in [5.74, 6) is -0.629. The lowest BCUT2D eigenvalue weighted by atomic mass is 9.92. The molecule has 0 aromatic heterocycles. The number of nitrogens with two attached hydrogens (primary N) is 1. The zero-order valence-corrected chi connectivity index (χ0v) is 11.8. The Kier molecular flexibility index (Phi) is 4.75. The lowest BCUT2D eigenvalue weighted by molar-refractivity contribution is -0.142. The highest BCUT2D eigenvalue weighted by Gasteiger charge is 2.38. The molecule has 0 bridgehead atoms. The Hall–Kier alpha value is -1.43. The van der Waals surface area contributed by atoms with Crippen molar-refractivity contribution in [3.8, 4) is 0 Å². The lowest BCUT2D eigenvalue weighted by Crippen LogP contribution is -2.55. The summed E-state index contributed by atoms with van der Waals surface area (Å²) in [6.45, 7) is 2.45. The number of rotatable bonds is 5. The number of methoxy groups -OCH3 is 1. The van der Waals surface area contributed by atoms with Gasteiger partial charge in [0.2, 0.25) is 0 Å². The smallest absolute Gasteiger partial charge is 0.250 e. The van der Waals surface area contributed by atoms with Gasteiger partial charge in [0.1, 0.15) is 0 Å². The van der Waals surface area contributed by atoms with Gasteiger partial charge in [0.25, 0.3) is 5.91 Å². The van der Waals surface area contributed by atoms with Crippen molar-refractivity contribution in [2.45, 2.75) is 31.6 Å². The summed E-state index contributed by atoms with van der Waals surface area (Å²) in [6.07, 6.45) is 1.22. The van der Waals surface area contributed by atoms with Crippen LogP contribution in [0.3, 0.4) is 0 Å². The summed E-state index contributed by atoms with van der Waals surface area (Å²) in [4.78, 5) is 13.4. The van der Waals surface area contributed by atoms with Crippen molar-refractivity contribution < 1.29 is 14.6 Å². The Bertz CT molecular complexity index is 478. The highest BCUT2D eigenvalue weighted by atomic mass is 16.5. The van der Waals surface area contributed by atoms with Gasteiger partial charge < -0.3 is 15.6 Å². The van der Waals surface area contributed by atoms with Crippen LogP contribution in [0.1, 0.15) is 24.0 Å². The molecular formula is C15H22N2O3. The SMILES string of the molecule is COCc1cccc(CN2CCC[C@](O)(C(N)=O)C2)c1. The maximum absolute atomic E-state index is 11.3. The molecule has 1 fully saturated rings. The fourth-order valence-corrected chi connectivity index (χ4v) is 2.70. The van der Waals surface area contributed by atoms with Gasteiger partial charge in [0.15, 0.2) is 5.60 Å². The quantitative estimate of drug-likeness (QED) is 0.829. The first-order valence-electron chi connectivity index (χ1n) is 6.85. The molecule has 1 aliphatic rings. The minimum absolute atomic E-state index is 0.302. The van der Waals surface area contributed by atoms with Gasteiger partial charge in [-0.3, -0.25) is 9.69 Å². The third kappa shape index (κ3) is 3.56. The van der Waals surface area contributed by atoms with Crippen molar-refractivity contribution in [2.24, 2.45) is 5.73 Å². The van der Waals surface area contributed by atoms with E-state index in [4.69, 9.17) is 10.5 Å². The highest BCUT2D eigenvalue weighted by molar-refractivity contribution is 5.83. The Morgan fingerprint density at radius 2 is 2.25 bits per heavy atom. The van der Waals surface area contributed by atoms with Crippen molar-refractivity contribution in [3.63, 3.8) is 0 Å². The van der Waals surface area contributed by atoms with Gasteiger partial charge in [0.05, 0.1) is 6.61 Å². The summed E-state index contributed by atoms with van der Waals surface area (Å²) in [7, 11) is 1.67. The Morgan fingerprint density at radius 3 is 2.95 bits per heavy atom. The number of carbonyl (C=O) groups is 1. The van der Waals surface area contributed by atoms with Crippen LogP contribution in [0.4, 0.5) is 0 Å². The lowest BCUT2D eigenvalue weighted by Gasteiger charge is -2.37. The number of likely N-dealkylation sites (tertiary alicyclic amines) is 1. The van der Waals surface area contributed by atoms with E-state index in [1.807, 2.05) is 18.2 Å². The van der Waals surface area contributed by atoms with E-state index in [0.717, 1.165) is 24.1 Å². The van der Waals surface area contributed by atoms with Gasteiger partial charge in [0, 0.05) is 20.2 Å². The second-order valence-corrected chi connectivity index (χ2v) is 5.46. The zero-order valence-electron chi connectivity index (χ0n) is 11.8. The second-order valence-electron chi connectivity index (χ2n) is 5.46. The number of primary amides is 1. The van der Waals surface area contributed by atoms with E-state index < -0.39 is 11.5 Å². The molecule has 5 heteroatoms. The summed E-state index contributed by atoms with van der Waals surface area (Å²) in [6, 6.07) is 8.13. The molecule has 0 unspecified atom stereocenters. The Morgan fingerprint density at radius 1 is 1.50 bits per heavy atom. The van der Waals surface area contributed by atoms with Crippen molar-refractivity contribution in [2.75, 3.05) is 20.2 Å². The topological polar surface area (TPSA) is 75.8 Å². The third-order valence-electron chi connectivity index (χ3n) is 3.72.